The molecule has 1 atom stereocenters. The molecule has 2 aromatic carbocycles. The average Bonchev–Trinajstić information content (AvgIpc) is 3.47. The van der Waals surface area contributed by atoms with Crippen LogP contribution in [0, 0.1) is 0 Å². The van der Waals surface area contributed by atoms with Crippen LogP contribution in [0.25, 0.3) is 0 Å². The Kier molecular flexibility index (Phi) is 6.36. The fraction of sp³-hybridized carbons (Fsp3) is 0.409. The van der Waals surface area contributed by atoms with Crippen LogP contribution in [0.1, 0.15) is 36.0 Å². The third-order valence-corrected chi connectivity index (χ3v) is 7.27. The van der Waals surface area contributed by atoms with Crippen LogP contribution in [-0.2, 0) is 14.8 Å². The molecular formula is C22H26N2O5S. The molecular weight excluding hydrogens is 404 g/mol. The van der Waals surface area contributed by atoms with Crippen LogP contribution < -0.4 is 10.1 Å². The van der Waals surface area contributed by atoms with Crippen molar-refractivity contribution in [2.45, 2.75) is 36.7 Å². The molecule has 2 fully saturated rings. The maximum absolute atomic E-state index is 12.7. The van der Waals surface area contributed by atoms with E-state index in [2.05, 4.69) is 5.32 Å². The smallest absolute Gasteiger partial charge is 0.255 e. The van der Waals surface area contributed by atoms with Crippen LogP contribution in [0.2, 0.25) is 0 Å². The summed E-state index contributed by atoms with van der Waals surface area (Å²) >= 11 is 0. The van der Waals surface area contributed by atoms with Gasteiger partial charge in [-0.25, -0.2) is 8.42 Å². The topological polar surface area (TPSA) is 84.9 Å². The summed E-state index contributed by atoms with van der Waals surface area (Å²) in [5.74, 6) is 0.372. The molecule has 0 aliphatic carbocycles. The summed E-state index contributed by atoms with van der Waals surface area (Å²) in [6, 6.07) is 13.3. The van der Waals surface area contributed by atoms with Crippen LogP contribution in [0.5, 0.6) is 5.75 Å². The van der Waals surface area contributed by atoms with Crippen LogP contribution in [0.4, 0.5) is 5.69 Å². The van der Waals surface area contributed by atoms with Gasteiger partial charge in [-0.2, -0.15) is 4.31 Å². The van der Waals surface area contributed by atoms with E-state index in [0.29, 0.717) is 36.7 Å². The van der Waals surface area contributed by atoms with Crippen molar-refractivity contribution in [1.29, 1.82) is 0 Å². The van der Waals surface area contributed by atoms with Gasteiger partial charge in [0.1, 0.15) is 12.4 Å². The highest BCUT2D eigenvalue weighted by Crippen LogP contribution is 2.24. The summed E-state index contributed by atoms with van der Waals surface area (Å²) in [5.41, 5.74) is 0.909. The molecule has 0 radical (unpaired) electrons. The Morgan fingerprint density at radius 3 is 2.57 bits per heavy atom. The first-order chi connectivity index (χ1) is 14.5. The number of hydrogen-bond donors (Lipinski definition) is 1. The van der Waals surface area contributed by atoms with E-state index < -0.39 is 10.0 Å². The first-order valence-electron chi connectivity index (χ1n) is 10.3. The lowest BCUT2D eigenvalue weighted by Gasteiger charge is -2.16. The Morgan fingerprint density at radius 2 is 1.87 bits per heavy atom. The van der Waals surface area contributed by atoms with Gasteiger partial charge in [0.15, 0.2) is 0 Å². The predicted octanol–water partition coefficient (Wildman–Crippen LogP) is 3.28. The summed E-state index contributed by atoms with van der Waals surface area (Å²) in [7, 11) is -3.53. The van der Waals surface area contributed by atoms with Crippen molar-refractivity contribution >= 4 is 21.6 Å². The van der Waals surface area contributed by atoms with Crippen LogP contribution >= 0.6 is 0 Å². The lowest BCUT2D eigenvalue weighted by Crippen LogP contribution is -2.27. The first-order valence-corrected chi connectivity index (χ1v) is 11.7. The van der Waals surface area contributed by atoms with E-state index in [0.717, 1.165) is 32.3 Å². The molecule has 1 amide bonds. The molecule has 30 heavy (non-hydrogen) atoms. The maximum Gasteiger partial charge on any atom is 0.255 e. The van der Waals surface area contributed by atoms with Crippen LogP contribution in [-0.4, -0.2) is 51.0 Å². The van der Waals surface area contributed by atoms with Gasteiger partial charge in [0.25, 0.3) is 5.91 Å². The van der Waals surface area contributed by atoms with Crippen molar-refractivity contribution in [1.82, 2.24) is 4.31 Å². The van der Waals surface area contributed by atoms with Gasteiger partial charge in [0.05, 0.1) is 11.0 Å². The number of carbonyl (C=O) groups is 1. The Labute approximate surface area is 177 Å². The Balaban J connectivity index is 1.38. The molecule has 0 spiro atoms. The fourth-order valence-corrected chi connectivity index (χ4v) is 5.25. The lowest BCUT2D eigenvalue weighted by molar-refractivity contribution is 0.0679. The van der Waals surface area contributed by atoms with Crippen LogP contribution in [0.15, 0.2) is 53.4 Å². The van der Waals surface area contributed by atoms with Gasteiger partial charge in [0, 0.05) is 30.9 Å². The summed E-state index contributed by atoms with van der Waals surface area (Å²) in [4.78, 5) is 12.8. The minimum absolute atomic E-state index is 0.136. The normalized spacial score (nSPS) is 19.7. The third-order valence-electron chi connectivity index (χ3n) is 5.37. The minimum atomic E-state index is -3.53. The second-order valence-electron chi connectivity index (χ2n) is 7.56. The Bertz CT molecular complexity index is 979. The minimum Gasteiger partial charge on any atom is -0.491 e. The number of nitrogens with zero attached hydrogens (tertiary/aromatic N) is 1. The molecule has 0 saturated carbocycles. The zero-order valence-electron chi connectivity index (χ0n) is 16.7. The van der Waals surface area contributed by atoms with Crippen molar-refractivity contribution in [3.63, 3.8) is 0 Å². The van der Waals surface area contributed by atoms with Crippen molar-refractivity contribution in [3.05, 3.63) is 54.1 Å². The number of amides is 1. The van der Waals surface area contributed by atoms with Gasteiger partial charge in [-0.1, -0.05) is 6.07 Å². The zero-order valence-corrected chi connectivity index (χ0v) is 17.6. The number of hydrogen-bond acceptors (Lipinski definition) is 5. The highest BCUT2D eigenvalue weighted by atomic mass is 32.2. The Hall–Kier alpha value is -2.42. The molecule has 2 heterocycles. The number of rotatable bonds is 7. The van der Waals surface area contributed by atoms with Crippen LogP contribution in [0.3, 0.4) is 0 Å². The maximum atomic E-state index is 12.7. The van der Waals surface area contributed by atoms with E-state index in [1.54, 1.807) is 42.5 Å². The third kappa shape index (κ3) is 4.83. The average molecular weight is 431 g/mol. The van der Waals surface area contributed by atoms with Gasteiger partial charge in [0.2, 0.25) is 10.0 Å². The number of carbonyl (C=O) groups excluding carboxylic acids is 1. The largest absolute Gasteiger partial charge is 0.491 e. The van der Waals surface area contributed by atoms with E-state index >= 15 is 0 Å². The standard InChI is InChI=1S/C22H26N2O5S/c25-22(17-8-10-19(11-9-17)29-16-20-6-4-14-28-20)23-18-5-3-7-21(15-18)30(26,27)24-12-1-2-13-24/h3,5,7-11,15,20H,1-2,4,6,12-14,16H2,(H,23,25). The molecule has 2 aromatic rings. The summed E-state index contributed by atoms with van der Waals surface area (Å²) in [5, 5.41) is 2.77. The van der Waals surface area contributed by atoms with E-state index in [1.165, 1.54) is 10.4 Å². The highest BCUT2D eigenvalue weighted by Gasteiger charge is 2.27. The van der Waals surface area contributed by atoms with Crippen molar-refractivity contribution < 1.29 is 22.7 Å². The number of anilines is 1. The van der Waals surface area contributed by atoms with E-state index in [9.17, 15) is 13.2 Å². The Morgan fingerprint density at radius 1 is 1.10 bits per heavy atom. The highest BCUT2D eigenvalue weighted by molar-refractivity contribution is 7.89. The van der Waals surface area contributed by atoms with Gasteiger partial charge >= 0.3 is 0 Å². The number of ether oxygens (including phenoxy) is 2. The lowest BCUT2D eigenvalue weighted by atomic mass is 10.2. The number of nitrogens with one attached hydrogen (secondary N) is 1. The quantitative estimate of drug-likeness (QED) is 0.729. The van der Waals surface area contributed by atoms with Gasteiger partial charge in [-0.3, -0.25) is 4.79 Å². The predicted molar refractivity (Wildman–Crippen MR) is 113 cm³/mol. The molecule has 2 aliphatic rings. The fourth-order valence-electron chi connectivity index (χ4n) is 3.68. The molecule has 1 unspecified atom stereocenters. The van der Waals surface area contributed by atoms with Gasteiger partial charge < -0.3 is 14.8 Å². The van der Waals surface area contributed by atoms with Crippen molar-refractivity contribution in [2.75, 3.05) is 31.6 Å². The number of benzene rings is 2. The van der Waals surface area contributed by atoms with E-state index in [-0.39, 0.29) is 16.9 Å². The second-order valence-corrected chi connectivity index (χ2v) is 9.50. The SMILES string of the molecule is O=C(Nc1cccc(S(=O)(=O)N2CCCC2)c1)c1ccc(OCC2CCCO2)cc1. The summed E-state index contributed by atoms with van der Waals surface area (Å²) in [6.07, 6.45) is 3.96. The van der Waals surface area contributed by atoms with E-state index in [4.69, 9.17) is 9.47 Å². The molecule has 0 bridgehead atoms. The van der Waals surface area contributed by atoms with E-state index in [1.807, 2.05) is 0 Å². The molecule has 7 nitrogen and oxygen atoms in total. The molecule has 0 aromatic heterocycles. The van der Waals surface area contributed by atoms with Crippen molar-refractivity contribution in [2.24, 2.45) is 0 Å². The summed E-state index contributed by atoms with van der Waals surface area (Å²) in [6.45, 7) is 2.37. The first kappa shape index (κ1) is 20.8. The monoisotopic (exact) mass is 430 g/mol. The zero-order chi connectivity index (χ0) is 21.0. The van der Waals surface area contributed by atoms with Crippen molar-refractivity contribution in [3.8, 4) is 5.75 Å². The molecule has 2 saturated heterocycles. The number of sulfonamides is 1. The molecule has 8 heteroatoms. The van der Waals surface area contributed by atoms with Gasteiger partial charge in [-0.15, -0.1) is 0 Å². The molecule has 4 rings (SSSR count). The summed E-state index contributed by atoms with van der Waals surface area (Å²) < 4.78 is 38.2. The molecule has 160 valence electrons. The molecule has 1 N–H and O–H groups in total. The molecule has 2 aliphatic heterocycles. The van der Waals surface area contributed by atoms with Gasteiger partial charge in [-0.05, 0) is 68.1 Å². The second kappa shape index (κ2) is 9.16.